The second-order valence-electron chi connectivity index (χ2n) is 4.99. The van der Waals surface area contributed by atoms with Gasteiger partial charge < -0.3 is 5.11 Å². The number of carbonyl (C=O) groups is 1. The molecule has 1 saturated heterocycles. The molecule has 0 aliphatic carbocycles. The number of aromatic carboxylic acids is 1. The Kier molecular flexibility index (Phi) is 4.69. The van der Waals surface area contributed by atoms with E-state index in [1.807, 2.05) is 0 Å². The van der Waals surface area contributed by atoms with Crippen LogP contribution in [0.1, 0.15) is 23.2 Å². The maximum atomic E-state index is 12.3. The molecule has 1 heterocycles. The Morgan fingerprint density at radius 1 is 1.27 bits per heavy atom. The van der Waals surface area contributed by atoms with Gasteiger partial charge >= 0.3 is 5.97 Å². The molecule has 0 bridgehead atoms. The lowest BCUT2D eigenvalue weighted by Crippen LogP contribution is -2.36. The SMILES string of the molecule is O=C(O)c1ccc(Cl)cc1NS(=O)(=O)C1CCS(=O)(=O)CC1. The molecule has 0 aromatic heterocycles. The fraction of sp³-hybridized carbons (Fsp3) is 0.417. The Balaban J connectivity index is 2.26. The molecule has 1 aromatic carbocycles. The van der Waals surface area contributed by atoms with Crippen molar-refractivity contribution in [2.45, 2.75) is 18.1 Å². The van der Waals surface area contributed by atoms with Gasteiger partial charge in [-0.3, -0.25) is 4.72 Å². The van der Waals surface area contributed by atoms with Gasteiger partial charge in [-0.15, -0.1) is 0 Å². The van der Waals surface area contributed by atoms with Crippen LogP contribution in [-0.2, 0) is 19.9 Å². The van der Waals surface area contributed by atoms with Crippen LogP contribution in [-0.4, -0.2) is 44.7 Å². The number of sulfone groups is 1. The number of carboxylic acid groups (broad SMARTS) is 1. The Morgan fingerprint density at radius 2 is 1.86 bits per heavy atom. The van der Waals surface area contributed by atoms with Crippen LogP contribution >= 0.6 is 11.6 Å². The van der Waals surface area contributed by atoms with Crippen LogP contribution in [0, 0.1) is 0 Å². The number of rotatable bonds is 4. The number of nitrogens with one attached hydrogen (secondary N) is 1. The summed E-state index contributed by atoms with van der Waals surface area (Å²) in [6.07, 6.45) is -0.0265. The van der Waals surface area contributed by atoms with E-state index in [0.717, 1.165) is 0 Å². The molecule has 10 heteroatoms. The smallest absolute Gasteiger partial charge is 0.337 e. The predicted molar refractivity (Wildman–Crippen MR) is 82.6 cm³/mol. The topological polar surface area (TPSA) is 118 Å². The third kappa shape index (κ3) is 3.90. The summed E-state index contributed by atoms with van der Waals surface area (Å²) in [5.74, 6) is -1.68. The zero-order valence-corrected chi connectivity index (χ0v) is 13.7. The summed E-state index contributed by atoms with van der Waals surface area (Å²) in [5.41, 5.74) is -0.357. The van der Waals surface area contributed by atoms with E-state index in [-0.39, 0.29) is 40.6 Å². The lowest BCUT2D eigenvalue weighted by atomic mass is 10.2. The van der Waals surface area contributed by atoms with Crippen molar-refractivity contribution >= 4 is 43.1 Å². The minimum absolute atomic E-state index is 0.0133. The first-order chi connectivity index (χ1) is 10.1. The van der Waals surface area contributed by atoms with Crippen LogP contribution in [0.15, 0.2) is 18.2 Å². The second-order valence-corrected chi connectivity index (χ2v) is 9.69. The number of sulfonamides is 1. The van der Waals surface area contributed by atoms with Crippen LogP contribution in [0.2, 0.25) is 5.02 Å². The highest BCUT2D eigenvalue weighted by atomic mass is 35.5. The molecule has 1 aromatic rings. The molecule has 7 nitrogen and oxygen atoms in total. The van der Waals surface area contributed by atoms with E-state index < -0.39 is 31.1 Å². The van der Waals surface area contributed by atoms with Gasteiger partial charge in [0.05, 0.1) is 28.0 Å². The molecule has 0 unspecified atom stereocenters. The molecule has 1 fully saturated rings. The van der Waals surface area contributed by atoms with E-state index in [2.05, 4.69) is 4.72 Å². The largest absolute Gasteiger partial charge is 0.478 e. The molecule has 2 N–H and O–H groups in total. The maximum absolute atomic E-state index is 12.3. The fourth-order valence-electron chi connectivity index (χ4n) is 2.20. The summed E-state index contributed by atoms with van der Waals surface area (Å²) in [6, 6.07) is 3.76. The quantitative estimate of drug-likeness (QED) is 0.829. The molecular weight excluding hydrogens is 354 g/mol. The van der Waals surface area contributed by atoms with E-state index in [0.29, 0.717) is 0 Å². The lowest BCUT2D eigenvalue weighted by molar-refractivity contribution is 0.0698. The fourth-order valence-corrected chi connectivity index (χ4v) is 5.66. The number of benzene rings is 1. The van der Waals surface area contributed by atoms with Crippen LogP contribution < -0.4 is 4.72 Å². The summed E-state index contributed by atoms with van der Waals surface area (Å²) in [6.45, 7) is 0. The van der Waals surface area contributed by atoms with Crippen molar-refractivity contribution in [3.8, 4) is 0 Å². The van der Waals surface area contributed by atoms with Crippen molar-refractivity contribution < 1.29 is 26.7 Å². The molecule has 1 aliphatic rings. The van der Waals surface area contributed by atoms with Crippen molar-refractivity contribution in [3.05, 3.63) is 28.8 Å². The zero-order chi connectivity index (χ0) is 16.5. The minimum atomic E-state index is -3.90. The Morgan fingerprint density at radius 3 is 2.41 bits per heavy atom. The molecule has 2 rings (SSSR count). The molecule has 0 atom stereocenters. The Bertz CT molecular complexity index is 789. The van der Waals surface area contributed by atoms with Crippen molar-refractivity contribution in [2.24, 2.45) is 0 Å². The second kappa shape index (κ2) is 6.05. The third-order valence-electron chi connectivity index (χ3n) is 3.40. The van der Waals surface area contributed by atoms with Gasteiger partial charge in [-0.1, -0.05) is 11.6 Å². The van der Waals surface area contributed by atoms with Gasteiger partial charge in [-0.05, 0) is 31.0 Å². The average Bonchev–Trinajstić information content (AvgIpc) is 2.37. The van der Waals surface area contributed by atoms with Crippen molar-refractivity contribution in [3.63, 3.8) is 0 Å². The van der Waals surface area contributed by atoms with Crippen molar-refractivity contribution in [1.29, 1.82) is 0 Å². The molecule has 1 aliphatic heterocycles. The molecule has 0 saturated carbocycles. The molecule has 22 heavy (non-hydrogen) atoms. The molecular formula is C12H14ClNO6S2. The molecule has 0 radical (unpaired) electrons. The zero-order valence-electron chi connectivity index (χ0n) is 11.3. The molecule has 0 spiro atoms. The highest BCUT2D eigenvalue weighted by Gasteiger charge is 2.33. The van der Waals surface area contributed by atoms with Gasteiger partial charge in [0, 0.05) is 5.02 Å². The van der Waals surface area contributed by atoms with E-state index in [1.54, 1.807) is 0 Å². The van der Waals surface area contributed by atoms with Gasteiger partial charge in [0.1, 0.15) is 9.84 Å². The first kappa shape index (κ1) is 17.0. The number of halogens is 1. The highest BCUT2D eigenvalue weighted by molar-refractivity contribution is 7.94. The lowest BCUT2D eigenvalue weighted by Gasteiger charge is -2.23. The summed E-state index contributed by atoms with van der Waals surface area (Å²) in [4.78, 5) is 11.1. The Hall–Kier alpha value is -1.32. The number of anilines is 1. The predicted octanol–water partition coefficient (Wildman–Crippen LogP) is 1.36. The van der Waals surface area contributed by atoms with Gasteiger partial charge in [-0.2, -0.15) is 0 Å². The number of carboxylic acids is 1. The minimum Gasteiger partial charge on any atom is -0.478 e. The van der Waals surface area contributed by atoms with Crippen LogP contribution in [0.4, 0.5) is 5.69 Å². The monoisotopic (exact) mass is 367 g/mol. The molecule has 122 valence electrons. The van der Waals surface area contributed by atoms with Crippen LogP contribution in [0.3, 0.4) is 0 Å². The van der Waals surface area contributed by atoms with E-state index in [4.69, 9.17) is 16.7 Å². The number of hydrogen-bond acceptors (Lipinski definition) is 5. The Labute approximate surface area is 133 Å². The summed E-state index contributed by atoms with van der Waals surface area (Å²) in [5, 5.41) is 8.39. The first-order valence-electron chi connectivity index (χ1n) is 6.36. The summed E-state index contributed by atoms with van der Waals surface area (Å²) < 4.78 is 49.6. The third-order valence-corrected chi connectivity index (χ3v) is 7.21. The van der Waals surface area contributed by atoms with Gasteiger partial charge in [-0.25, -0.2) is 21.6 Å². The van der Waals surface area contributed by atoms with Gasteiger partial charge in [0.25, 0.3) is 0 Å². The standard InChI is InChI=1S/C12H14ClNO6S2/c13-8-1-2-10(12(15)16)11(7-8)14-22(19,20)9-3-5-21(17,18)6-4-9/h1-2,7,9,14H,3-6H2,(H,15,16). The van der Waals surface area contributed by atoms with Crippen molar-refractivity contribution in [2.75, 3.05) is 16.2 Å². The van der Waals surface area contributed by atoms with Gasteiger partial charge in [0.15, 0.2) is 0 Å². The highest BCUT2D eigenvalue weighted by Crippen LogP contribution is 2.26. The van der Waals surface area contributed by atoms with E-state index in [1.165, 1.54) is 18.2 Å². The van der Waals surface area contributed by atoms with Gasteiger partial charge in [0.2, 0.25) is 10.0 Å². The number of hydrogen-bond donors (Lipinski definition) is 2. The first-order valence-corrected chi connectivity index (χ1v) is 10.1. The normalized spacial score (nSPS) is 18.8. The van der Waals surface area contributed by atoms with E-state index in [9.17, 15) is 21.6 Å². The summed E-state index contributed by atoms with van der Waals surface area (Å²) in [7, 11) is -7.08. The summed E-state index contributed by atoms with van der Waals surface area (Å²) >= 11 is 5.77. The maximum Gasteiger partial charge on any atom is 0.337 e. The van der Waals surface area contributed by atoms with E-state index >= 15 is 0 Å². The van der Waals surface area contributed by atoms with Crippen molar-refractivity contribution in [1.82, 2.24) is 0 Å². The molecule has 0 amide bonds. The average molecular weight is 368 g/mol. The van der Waals surface area contributed by atoms with Crippen LogP contribution in [0.25, 0.3) is 0 Å². The van der Waals surface area contributed by atoms with Crippen LogP contribution in [0.5, 0.6) is 0 Å².